The predicted octanol–water partition coefficient (Wildman–Crippen LogP) is 6.30. The molecule has 4 aliphatic rings. The van der Waals surface area contributed by atoms with Crippen molar-refractivity contribution in [2.45, 2.75) is 104 Å². The topological polar surface area (TPSA) is 112 Å². The molecule has 2 amide bonds. The van der Waals surface area contributed by atoms with Crippen molar-refractivity contribution < 1.29 is 19.1 Å². The first-order valence-electron chi connectivity index (χ1n) is 17.3. The average molecular weight is 687 g/mol. The molecule has 0 N–H and O–H groups in total. The third-order valence-electron chi connectivity index (χ3n) is 10.6. The van der Waals surface area contributed by atoms with Gasteiger partial charge in [0, 0.05) is 61.1 Å². The van der Waals surface area contributed by atoms with Crippen LogP contribution >= 0.6 is 11.6 Å². The fraction of sp³-hybridized carbons (Fsp3) is 0.605. The Morgan fingerprint density at radius 3 is 2.33 bits per heavy atom. The molecule has 3 fully saturated rings. The summed E-state index contributed by atoms with van der Waals surface area (Å²) in [7, 11) is 0. The molecular formula is C38H47ClN6O4. The van der Waals surface area contributed by atoms with Crippen molar-refractivity contribution in [3.63, 3.8) is 0 Å². The molecular weight excluding hydrogens is 640 g/mol. The Morgan fingerprint density at radius 1 is 1.04 bits per heavy atom. The van der Waals surface area contributed by atoms with Crippen molar-refractivity contribution in [3.8, 4) is 23.7 Å². The molecule has 0 atom stereocenters. The zero-order valence-corrected chi connectivity index (χ0v) is 30.4. The van der Waals surface area contributed by atoms with Crippen molar-refractivity contribution >= 4 is 23.6 Å². The van der Waals surface area contributed by atoms with Crippen LogP contribution in [0.3, 0.4) is 0 Å². The van der Waals surface area contributed by atoms with Gasteiger partial charge in [0.15, 0.2) is 5.69 Å². The van der Waals surface area contributed by atoms with Gasteiger partial charge in [-0.25, -0.2) is 14.8 Å². The van der Waals surface area contributed by atoms with Crippen LogP contribution < -0.4 is 4.74 Å². The molecule has 1 saturated heterocycles. The van der Waals surface area contributed by atoms with Crippen molar-refractivity contribution in [2.24, 2.45) is 16.7 Å². The van der Waals surface area contributed by atoms with Gasteiger partial charge in [0.2, 0.25) is 0 Å². The average Bonchev–Trinajstić information content (AvgIpc) is 3.35. The summed E-state index contributed by atoms with van der Waals surface area (Å²) in [6.45, 7) is 17.7. The van der Waals surface area contributed by atoms with E-state index >= 15 is 0 Å². The lowest BCUT2D eigenvalue weighted by atomic mass is 9.49. The monoisotopic (exact) mass is 686 g/mol. The first-order chi connectivity index (χ1) is 23.1. The number of amides is 2. The van der Waals surface area contributed by atoms with E-state index in [2.05, 4.69) is 55.5 Å². The molecule has 0 unspecified atom stereocenters. The van der Waals surface area contributed by atoms with Crippen molar-refractivity contribution in [1.29, 1.82) is 5.26 Å². The largest absolute Gasteiger partial charge is 0.489 e. The molecule has 10 nitrogen and oxygen atoms in total. The molecule has 1 aromatic heterocycles. The maximum atomic E-state index is 13.6. The van der Waals surface area contributed by atoms with E-state index in [1.807, 2.05) is 30.6 Å². The minimum absolute atomic E-state index is 0.104. The smallest absolute Gasteiger partial charge is 0.410 e. The second-order valence-electron chi connectivity index (χ2n) is 16.1. The zero-order chi connectivity index (χ0) is 35.3. The summed E-state index contributed by atoms with van der Waals surface area (Å²) in [5, 5.41) is 9.58. The molecule has 0 radical (unpaired) electrons. The van der Waals surface area contributed by atoms with Gasteiger partial charge in [-0.1, -0.05) is 45.2 Å². The van der Waals surface area contributed by atoms with E-state index in [4.69, 9.17) is 26.1 Å². The van der Waals surface area contributed by atoms with Crippen LogP contribution in [0.2, 0.25) is 5.02 Å². The van der Waals surface area contributed by atoms with Gasteiger partial charge in [0.05, 0.1) is 29.0 Å². The normalized spacial score (nSPS) is 26.1. The van der Waals surface area contributed by atoms with E-state index in [9.17, 15) is 14.9 Å². The van der Waals surface area contributed by atoms with Crippen molar-refractivity contribution in [1.82, 2.24) is 24.7 Å². The van der Waals surface area contributed by atoms with Gasteiger partial charge in [0.25, 0.3) is 5.91 Å². The van der Waals surface area contributed by atoms with Crippen molar-refractivity contribution in [3.05, 3.63) is 52.1 Å². The van der Waals surface area contributed by atoms with Gasteiger partial charge in [-0.05, 0) is 64.5 Å². The molecule has 0 spiro atoms. The van der Waals surface area contributed by atoms with E-state index in [1.54, 1.807) is 24.4 Å². The van der Waals surface area contributed by atoms with Gasteiger partial charge in [-0.2, -0.15) is 5.26 Å². The van der Waals surface area contributed by atoms with E-state index in [0.717, 1.165) is 38.8 Å². The Balaban J connectivity index is 1.03. The number of benzene rings is 1. The number of halogens is 1. The molecule has 0 bridgehead atoms. The van der Waals surface area contributed by atoms with Gasteiger partial charge in [-0.15, -0.1) is 0 Å². The third-order valence-corrected chi connectivity index (χ3v) is 10.9. The Morgan fingerprint density at radius 2 is 1.71 bits per heavy atom. The minimum Gasteiger partial charge on any atom is -0.489 e. The van der Waals surface area contributed by atoms with E-state index in [0.29, 0.717) is 65.0 Å². The molecule has 2 aromatic rings. The lowest BCUT2D eigenvalue weighted by Crippen LogP contribution is -2.74. The van der Waals surface area contributed by atoms with Crippen LogP contribution in [0.5, 0.6) is 5.75 Å². The summed E-state index contributed by atoms with van der Waals surface area (Å²) >= 11 is 6.27. The molecule has 3 heterocycles. The van der Waals surface area contributed by atoms with Crippen LogP contribution in [0.15, 0.2) is 24.4 Å². The Labute approximate surface area is 295 Å². The van der Waals surface area contributed by atoms with Gasteiger partial charge < -0.3 is 19.3 Å². The van der Waals surface area contributed by atoms with E-state index in [-0.39, 0.29) is 35.0 Å². The number of hydrogen-bond acceptors (Lipinski definition) is 8. The molecule has 49 heavy (non-hydrogen) atoms. The first-order valence-corrected chi connectivity index (χ1v) is 17.7. The van der Waals surface area contributed by atoms with Crippen LogP contribution in [-0.4, -0.2) is 86.6 Å². The molecule has 2 aliphatic carbocycles. The number of nitriles is 1. The van der Waals surface area contributed by atoms with Crippen LogP contribution in [0, 0.1) is 39.9 Å². The number of rotatable bonds is 4. The summed E-state index contributed by atoms with van der Waals surface area (Å²) in [5.74, 6) is 7.50. The highest BCUT2D eigenvalue weighted by Crippen LogP contribution is 2.59. The fourth-order valence-corrected chi connectivity index (χ4v) is 8.94. The molecule has 6 rings (SSSR count). The number of hydrogen-bond donors (Lipinski definition) is 0. The predicted molar refractivity (Wildman–Crippen MR) is 186 cm³/mol. The summed E-state index contributed by atoms with van der Waals surface area (Å²) in [6, 6.07) is 7.59. The number of aromatic nitrogens is 2. The highest BCUT2D eigenvalue weighted by atomic mass is 35.5. The van der Waals surface area contributed by atoms with Crippen LogP contribution in [0.1, 0.15) is 102 Å². The lowest BCUT2D eigenvalue weighted by Gasteiger charge is -2.65. The first kappa shape index (κ1) is 35.0. The summed E-state index contributed by atoms with van der Waals surface area (Å²) in [5.41, 5.74) is 0.851. The van der Waals surface area contributed by atoms with Crippen LogP contribution in [0.4, 0.5) is 4.79 Å². The quantitative estimate of drug-likeness (QED) is 0.345. The number of carbonyl (C=O) groups is 2. The number of carbonyl (C=O) groups excluding carboxylic acids is 2. The van der Waals surface area contributed by atoms with Crippen LogP contribution in [0.25, 0.3) is 0 Å². The van der Waals surface area contributed by atoms with Crippen molar-refractivity contribution in [2.75, 3.05) is 26.2 Å². The molecule has 260 valence electrons. The number of fused-ring (bicyclic) bond motifs is 1. The SMILES string of the molecule is CC(C)(C)OC(=O)N1CCN([C@H]2CC[C@H](C#Cc3cnc4c(n3)CN([C@H]3C(C)(C)[C@H](Oc5ccc(C#N)c(Cl)c5)C3(C)C)C4=O)CC2)CC1. The maximum Gasteiger partial charge on any atom is 0.410 e. The molecule has 2 saturated carbocycles. The number of ether oxygens (including phenoxy) is 2. The molecule has 11 heteroatoms. The Hall–Kier alpha value is -3.86. The zero-order valence-electron chi connectivity index (χ0n) is 29.7. The molecule has 1 aromatic carbocycles. The fourth-order valence-electron chi connectivity index (χ4n) is 8.72. The van der Waals surface area contributed by atoms with Gasteiger partial charge in [0.1, 0.15) is 29.2 Å². The Kier molecular flexibility index (Phi) is 9.36. The number of nitrogens with zero attached hydrogens (tertiary/aromatic N) is 6. The summed E-state index contributed by atoms with van der Waals surface area (Å²) < 4.78 is 12.0. The second kappa shape index (κ2) is 13.1. The third kappa shape index (κ3) is 6.96. The lowest BCUT2D eigenvalue weighted by molar-refractivity contribution is -0.199. The van der Waals surface area contributed by atoms with Crippen LogP contribution in [-0.2, 0) is 11.3 Å². The standard InChI is InChI=1S/C38H47ClN6O4/c1-36(2,3)49-35(47)44-18-16-43(17-19-44)27-13-9-24(10-14-27)8-12-26-22-41-31-30(42-26)23-45(32(31)46)33-37(4,5)34(38(33,6)7)48-28-15-11-25(21-40)29(39)20-28/h11,15,20,22,24,27,33-34H,9-10,13-14,16-19,23H2,1-7H3/t24-,27-,33-,34-. The Bertz CT molecular complexity index is 1700. The highest BCUT2D eigenvalue weighted by Gasteiger charge is 2.67. The highest BCUT2D eigenvalue weighted by molar-refractivity contribution is 6.31. The minimum atomic E-state index is -0.479. The van der Waals surface area contributed by atoms with Gasteiger partial charge >= 0.3 is 6.09 Å². The molecule has 2 aliphatic heterocycles. The second-order valence-corrected chi connectivity index (χ2v) is 16.5. The maximum absolute atomic E-state index is 13.6. The summed E-state index contributed by atoms with van der Waals surface area (Å²) in [6.07, 6.45) is 5.43. The summed E-state index contributed by atoms with van der Waals surface area (Å²) in [4.78, 5) is 41.6. The van der Waals surface area contributed by atoms with E-state index in [1.165, 1.54) is 0 Å². The van der Waals surface area contributed by atoms with Gasteiger partial charge in [-0.3, -0.25) is 9.69 Å². The number of piperazine rings is 1. The van der Waals surface area contributed by atoms with E-state index < -0.39 is 5.60 Å².